The van der Waals surface area contributed by atoms with E-state index in [0.29, 0.717) is 24.9 Å². The van der Waals surface area contributed by atoms with Crippen LogP contribution in [0.5, 0.6) is 5.88 Å². The smallest absolute Gasteiger partial charge is 0.410 e. The summed E-state index contributed by atoms with van der Waals surface area (Å²) >= 11 is 0. The molecule has 1 aliphatic heterocycles. The minimum Gasteiger partial charge on any atom is -0.477 e. The molecule has 5 heteroatoms. The zero-order valence-electron chi connectivity index (χ0n) is 13.0. The molecule has 0 radical (unpaired) electrons. The Bertz CT molecular complexity index is 456. The van der Waals surface area contributed by atoms with Crippen molar-refractivity contribution in [3.63, 3.8) is 0 Å². The quantitative estimate of drug-likeness (QED) is 0.859. The lowest BCUT2D eigenvalue weighted by atomic mass is 9.99. The summed E-state index contributed by atoms with van der Waals surface area (Å²) in [4.78, 5) is 18.0. The first-order valence-corrected chi connectivity index (χ1v) is 7.46. The average Bonchev–Trinajstić information content (AvgIpc) is 2.45. The highest BCUT2D eigenvalue weighted by molar-refractivity contribution is 5.68. The molecule has 0 N–H and O–H groups in total. The first-order chi connectivity index (χ1) is 9.94. The summed E-state index contributed by atoms with van der Waals surface area (Å²) in [6.07, 6.45) is 3.52. The van der Waals surface area contributed by atoms with Gasteiger partial charge in [0, 0.05) is 31.3 Å². The average molecular weight is 292 g/mol. The van der Waals surface area contributed by atoms with E-state index in [4.69, 9.17) is 9.47 Å². The first kappa shape index (κ1) is 15.6. The maximum absolute atomic E-state index is 12.1. The fraction of sp³-hybridized carbons (Fsp3) is 0.625. The molecule has 1 atom stereocenters. The number of ether oxygens (including phenoxy) is 2. The molecule has 0 bridgehead atoms. The van der Waals surface area contributed by atoms with Crippen molar-refractivity contribution in [2.75, 3.05) is 19.7 Å². The Hall–Kier alpha value is -1.78. The van der Waals surface area contributed by atoms with E-state index in [1.807, 2.05) is 39.0 Å². The summed E-state index contributed by atoms with van der Waals surface area (Å²) in [5.74, 6) is 0.958. The van der Waals surface area contributed by atoms with Gasteiger partial charge >= 0.3 is 6.09 Å². The zero-order chi connectivity index (χ0) is 15.3. The van der Waals surface area contributed by atoms with Crippen molar-refractivity contribution in [3.8, 4) is 5.88 Å². The summed E-state index contributed by atoms with van der Waals surface area (Å²) in [5.41, 5.74) is -0.450. The summed E-state index contributed by atoms with van der Waals surface area (Å²) in [7, 11) is 0. The van der Waals surface area contributed by atoms with Crippen LogP contribution in [0.3, 0.4) is 0 Å². The summed E-state index contributed by atoms with van der Waals surface area (Å²) in [6.45, 7) is 7.68. The Morgan fingerprint density at radius 3 is 2.90 bits per heavy atom. The van der Waals surface area contributed by atoms with Crippen molar-refractivity contribution in [2.45, 2.75) is 39.2 Å². The maximum atomic E-state index is 12.1. The van der Waals surface area contributed by atoms with Crippen LogP contribution in [-0.4, -0.2) is 41.3 Å². The van der Waals surface area contributed by atoms with Crippen LogP contribution >= 0.6 is 0 Å². The predicted molar refractivity (Wildman–Crippen MR) is 80.3 cm³/mol. The summed E-state index contributed by atoms with van der Waals surface area (Å²) in [5, 5.41) is 0. The van der Waals surface area contributed by atoms with Crippen LogP contribution in [0.1, 0.15) is 33.6 Å². The molecule has 0 saturated carbocycles. The van der Waals surface area contributed by atoms with Gasteiger partial charge in [-0.3, -0.25) is 0 Å². The normalized spacial score (nSPS) is 19.2. The Kier molecular flexibility index (Phi) is 5.04. The molecule has 116 valence electrons. The third-order valence-corrected chi connectivity index (χ3v) is 3.28. The van der Waals surface area contributed by atoms with Crippen LogP contribution in [0.2, 0.25) is 0 Å². The van der Waals surface area contributed by atoms with E-state index < -0.39 is 5.60 Å². The lowest BCUT2D eigenvalue weighted by molar-refractivity contribution is 0.0138. The molecule has 0 aliphatic carbocycles. The lowest BCUT2D eigenvalue weighted by Gasteiger charge is -2.33. The molecule has 21 heavy (non-hydrogen) atoms. The molecule has 1 amide bonds. The Labute approximate surface area is 126 Å². The third kappa shape index (κ3) is 5.25. The number of aromatic nitrogens is 1. The number of likely N-dealkylation sites (tertiary alicyclic amines) is 1. The number of nitrogens with zero attached hydrogens (tertiary/aromatic N) is 2. The van der Waals surface area contributed by atoms with Gasteiger partial charge in [0.25, 0.3) is 0 Å². The molecular weight excluding hydrogens is 268 g/mol. The second-order valence-corrected chi connectivity index (χ2v) is 6.41. The molecule has 1 aromatic rings. The highest BCUT2D eigenvalue weighted by Crippen LogP contribution is 2.20. The number of hydrogen-bond acceptors (Lipinski definition) is 4. The van der Waals surface area contributed by atoms with Gasteiger partial charge in [-0.2, -0.15) is 0 Å². The van der Waals surface area contributed by atoms with Crippen molar-refractivity contribution in [3.05, 3.63) is 24.4 Å². The van der Waals surface area contributed by atoms with E-state index in [2.05, 4.69) is 4.98 Å². The first-order valence-electron chi connectivity index (χ1n) is 7.46. The number of carbonyl (C=O) groups excluding carboxylic acids is 1. The van der Waals surface area contributed by atoms with Gasteiger partial charge in [-0.1, -0.05) is 6.07 Å². The van der Waals surface area contributed by atoms with Crippen LogP contribution in [0.15, 0.2) is 24.4 Å². The van der Waals surface area contributed by atoms with Gasteiger partial charge in [-0.15, -0.1) is 0 Å². The molecule has 2 rings (SSSR count). The Morgan fingerprint density at radius 1 is 1.43 bits per heavy atom. The highest BCUT2D eigenvalue weighted by Gasteiger charge is 2.27. The van der Waals surface area contributed by atoms with E-state index in [1.165, 1.54) is 0 Å². The molecular formula is C16H24N2O3. The molecule has 5 nitrogen and oxygen atoms in total. The van der Waals surface area contributed by atoms with E-state index in [9.17, 15) is 4.79 Å². The molecule has 2 heterocycles. The minimum atomic E-state index is -0.450. The van der Waals surface area contributed by atoms with Crippen LogP contribution < -0.4 is 4.74 Å². The van der Waals surface area contributed by atoms with Crippen LogP contribution in [0.4, 0.5) is 4.79 Å². The molecule has 1 aliphatic rings. The molecule has 1 fully saturated rings. The largest absolute Gasteiger partial charge is 0.477 e. The molecule has 0 aromatic carbocycles. The highest BCUT2D eigenvalue weighted by atomic mass is 16.6. The van der Waals surface area contributed by atoms with E-state index in [1.54, 1.807) is 11.1 Å². The minimum absolute atomic E-state index is 0.231. The van der Waals surface area contributed by atoms with E-state index in [-0.39, 0.29) is 6.09 Å². The van der Waals surface area contributed by atoms with Gasteiger partial charge in [0.15, 0.2) is 0 Å². The third-order valence-electron chi connectivity index (χ3n) is 3.28. The molecule has 1 unspecified atom stereocenters. The zero-order valence-corrected chi connectivity index (χ0v) is 13.0. The van der Waals surface area contributed by atoms with Crippen molar-refractivity contribution < 1.29 is 14.3 Å². The van der Waals surface area contributed by atoms with Crippen molar-refractivity contribution >= 4 is 6.09 Å². The second-order valence-electron chi connectivity index (χ2n) is 6.41. The van der Waals surface area contributed by atoms with Gasteiger partial charge in [0.1, 0.15) is 5.60 Å². The van der Waals surface area contributed by atoms with Crippen molar-refractivity contribution in [1.82, 2.24) is 9.88 Å². The predicted octanol–water partition coefficient (Wildman–Crippen LogP) is 3.11. The Balaban J connectivity index is 1.82. The second kappa shape index (κ2) is 6.78. The lowest BCUT2D eigenvalue weighted by Crippen LogP contribution is -2.44. The standard InChI is InChI=1S/C16H24N2O3/c1-16(2,3)21-15(19)18-10-6-7-13(11-18)12-20-14-8-4-5-9-17-14/h4-5,8-9,13H,6-7,10-12H2,1-3H3. The van der Waals surface area contributed by atoms with Gasteiger partial charge < -0.3 is 14.4 Å². The van der Waals surface area contributed by atoms with E-state index in [0.717, 1.165) is 19.4 Å². The SMILES string of the molecule is CC(C)(C)OC(=O)N1CCCC(COc2ccccn2)C1. The van der Waals surface area contributed by atoms with Crippen LogP contribution in [0.25, 0.3) is 0 Å². The molecule has 1 saturated heterocycles. The van der Waals surface area contributed by atoms with Gasteiger partial charge in [0.2, 0.25) is 5.88 Å². The number of hydrogen-bond donors (Lipinski definition) is 0. The van der Waals surface area contributed by atoms with E-state index >= 15 is 0 Å². The number of piperidine rings is 1. The number of carbonyl (C=O) groups is 1. The summed E-state index contributed by atoms with van der Waals surface area (Å²) < 4.78 is 11.1. The topological polar surface area (TPSA) is 51.7 Å². The maximum Gasteiger partial charge on any atom is 0.410 e. The van der Waals surface area contributed by atoms with Gasteiger partial charge in [-0.05, 0) is 39.7 Å². The van der Waals surface area contributed by atoms with Crippen LogP contribution in [-0.2, 0) is 4.74 Å². The molecule has 1 aromatic heterocycles. The summed E-state index contributed by atoms with van der Waals surface area (Å²) in [6, 6.07) is 5.60. The number of pyridine rings is 1. The van der Waals surface area contributed by atoms with Gasteiger partial charge in [0.05, 0.1) is 6.61 Å². The molecule has 0 spiro atoms. The number of amides is 1. The van der Waals surface area contributed by atoms with Crippen molar-refractivity contribution in [2.24, 2.45) is 5.92 Å². The van der Waals surface area contributed by atoms with Gasteiger partial charge in [-0.25, -0.2) is 9.78 Å². The monoisotopic (exact) mass is 292 g/mol. The Morgan fingerprint density at radius 2 is 2.24 bits per heavy atom. The fourth-order valence-electron chi connectivity index (χ4n) is 2.33. The number of rotatable bonds is 3. The van der Waals surface area contributed by atoms with Crippen molar-refractivity contribution in [1.29, 1.82) is 0 Å². The van der Waals surface area contributed by atoms with Crippen LogP contribution in [0, 0.1) is 5.92 Å². The fourth-order valence-corrected chi connectivity index (χ4v) is 2.33.